The van der Waals surface area contributed by atoms with Gasteiger partial charge in [-0.25, -0.2) is 0 Å². The van der Waals surface area contributed by atoms with Gasteiger partial charge in [-0.1, -0.05) is 23.4 Å². The number of nitrogens with zero attached hydrogens (tertiary/aromatic N) is 4. The molecule has 1 aromatic rings. The van der Waals surface area contributed by atoms with Gasteiger partial charge >= 0.3 is 0 Å². The van der Waals surface area contributed by atoms with E-state index in [1.54, 1.807) is 6.07 Å². The zero-order valence-electron chi connectivity index (χ0n) is 12.7. The second kappa shape index (κ2) is 6.96. The summed E-state index contributed by atoms with van der Waals surface area (Å²) in [5, 5.41) is 10.9. The van der Waals surface area contributed by atoms with Crippen molar-refractivity contribution in [2.45, 2.75) is 0 Å². The lowest BCUT2D eigenvalue weighted by molar-refractivity contribution is -0.384. The van der Waals surface area contributed by atoms with Crippen LogP contribution in [0.2, 0.25) is 5.02 Å². The number of halogens is 1. The summed E-state index contributed by atoms with van der Waals surface area (Å²) in [6.07, 6.45) is 0. The zero-order valence-corrected chi connectivity index (χ0v) is 14.3. The molecule has 10 heteroatoms. The number of hydrogen-bond acceptors (Lipinski definition) is 7. The van der Waals surface area contributed by atoms with Gasteiger partial charge in [0.25, 0.3) is 10.9 Å². The Kier molecular flexibility index (Phi) is 4.93. The molecule has 2 fully saturated rings. The molecular weight excluding hydrogens is 356 g/mol. The van der Waals surface area contributed by atoms with E-state index in [4.69, 9.17) is 11.6 Å². The summed E-state index contributed by atoms with van der Waals surface area (Å²) in [6, 6.07) is 4.44. The van der Waals surface area contributed by atoms with Crippen LogP contribution in [-0.4, -0.2) is 64.5 Å². The summed E-state index contributed by atoms with van der Waals surface area (Å²) in [5.41, 5.74) is 0.719. The predicted octanol–water partition coefficient (Wildman–Crippen LogP) is 2.02. The Hall–Kier alpha value is -1.84. The molecule has 2 heterocycles. The first-order valence-corrected chi connectivity index (χ1v) is 8.70. The van der Waals surface area contributed by atoms with Crippen molar-refractivity contribution in [2.24, 2.45) is 0 Å². The number of hydrogen-bond donors (Lipinski definition) is 0. The standard InChI is InChI=1S/C14H15ClN4O4S/c15-11-7-10(19(22)23)1-2-12(11)17-5-3-16(4-6-17)9-18-13(20)8-24-14(18)21/h1-2,7H,3-6,8-9H2. The Morgan fingerprint density at radius 1 is 1.21 bits per heavy atom. The van der Waals surface area contributed by atoms with Crippen LogP contribution in [0.5, 0.6) is 0 Å². The minimum atomic E-state index is -0.477. The number of nitro groups is 1. The van der Waals surface area contributed by atoms with Crippen molar-refractivity contribution in [3.05, 3.63) is 33.3 Å². The molecule has 2 saturated heterocycles. The van der Waals surface area contributed by atoms with Crippen molar-refractivity contribution >= 4 is 45.9 Å². The van der Waals surface area contributed by atoms with Crippen molar-refractivity contribution < 1.29 is 14.5 Å². The molecule has 0 N–H and O–H groups in total. The summed E-state index contributed by atoms with van der Waals surface area (Å²) < 4.78 is 0. The smallest absolute Gasteiger partial charge is 0.289 e. The highest BCUT2D eigenvalue weighted by atomic mass is 35.5. The number of anilines is 1. The number of nitro benzene ring substituents is 1. The van der Waals surface area contributed by atoms with Crippen LogP contribution in [0.3, 0.4) is 0 Å². The van der Waals surface area contributed by atoms with E-state index in [-0.39, 0.29) is 22.6 Å². The third-order valence-corrected chi connectivity index (χ3v) is 5.20. The second-order valence-electron chi connectivity index (χ2n) is 5.52. The molecule has 0 atom stereocenters. The summed E-state index contributed by atoms with van der Waals surface area (Å²) in [4.78, 5) is 38.9. The monoisotopic (exact) mass is 370 g/mol. The number of non-ortho nitro benzene ring substituents is 1. The summed E-state index contributed by atoms with van der Waals surface area (Å²) in [5.74, 6) is 0.0721. The average Bonchev–Trinajstić information content (AvgIpc) is 2.87. The maximum Gasteiger partial charge on any atom is 0.289 e. The SMILES string of the molecule is O=C1CSC(=O)N1CN1CCN(c2ccc([N+](=O)[O-])cc2Cl)CC1. The molecular formula is C14H15ClN4O4S. The highest BCUT2D eigenvalue weighted by Gasteiger charge is 2.32. The number of benzene rings is 1. The molecule has 0 radical (unpaired) electrons. The molecule has 0 spiro atoms. The van der Waals surface area contributed by atoms with Gasteiger partial charge in [-0.05, 0) is 6.07 Å². The van der Waals surface area contributed by atoms with E-state index >= 15 is 0 Å². The highest BCUT2D eigenvalue weighted by molar-refractivity contribution is 8.14. The quantitative estimate of drug-likeness (QED) is 0.591. The Balaban J connectivity index is 1.60. The molecule has 128 valence electrons. The lowest BCUT2D eigenvalue weighted by atomic mass is 10.2. The number of piperazine rings is 1. The van der Waals surface area contributed by atoms with Gasteiger partial charge in [-0.2, -0.15) is 0 Å². The van der Waals surface area contributed by atoms with Crippen LogP contribution in [0.25, 0.3) is 0 Å². The lowest BCUT2D eigenvalue weighted by Crippen LogP contribution is -2.51. The second-order valence-corrected chi connectivity index (χ2v) is 6.85. The first-order valence-electron chi connectivity index (χ1n) is 7.34. The molecule has 0 aromatic heterocycles. The van der Waals surface area contributed by atoms with Crippen molar-refractivity contribution in [2.75, 3.05) is 43.5 Å². The maximum absolute atomic E-state index is 11.7. The van der Waals surface area contributed by atoms with Gasteiger partial charge in [0.1, 0.15) is 0 Å². The van der Waals surface area contributed by atoms with Crippen molar-refractivity contribution in [1.29, 1.82) is 0 Å². The van der Waals surface area contributed by atoms with Crippen LogP contribution in [0.15, 0.2) is 18.2 Å². The van der Waals surface area contributed by atoms with E-state index < -0.39 is 4.92 Å². The molecule has 0 bridgehead atoms. The number of carbonyl (C=O) groups excluding carboxylic acids is 2. The Labute approximate surface area is 147 Å². The predicted molar refractivity (Wildman–Crippen MR) is 91.5 cm³/mol. The van der Waals surface area contributed by atoms with Crippen LogP contribution >= 0.6 is 23.4 Å². The number of imide groups is 1. The van der Waals surface area contributed by atoms with E-state index in [9.17, 15) is 19.7 Å². The largest absolute Gasteiger partial charge is 0.368 e. The summed E-state index contributed by atoms with van der Waals surface area (Å²) >= 11 is 7.19. The Bertz CT molecular complexity index is 677. The van der Waals surface area contributed by atoms with E-state index in [1.807, 2.05) is 9.80 Å². The van der Waals surface area contributed by atoms with Gasteiger partial charge in [0.05, 0.1) is 28.1 Å². The number of thioether (sulfide) groups is 1. The molecule has 0 unspecified atom stereocenters. The molecule has 2 amide bonds. The van der Waals surface area contributed by atoms with Crippen LogP contribution in [-0.2, 0) is 4.79 Å². The molecule has 1 aromatic carbocycles. The zero-order chi connectivity index (χ0) is 17.3. The third kappa shape index (κ3) is 3.47. The van der Waals surface area contributed by atoms with Crippen LogP contribution in [0.1, 0.15) is 0 Å². The summed E-state index contributed by atoms with van der Waals surface area (Å²) in [7, 11) is 0. The molecule has 2 aliphatic rings. The van der Waals surface area contributed by atoms with Gasteiger partial charge in [0.2, 0.25) is 5.91 Å². The first-order chi connectivity index (χ1) is 11.5. The lowest BCUT2D eigenvalue weighted by Gasteiger charge is -2.37. The van der Waals surface area contributed by atoms with Crippen molar-refractivity contribution in [3.63, 3.8) is 0 Å². The van der Waals surface area contributed by atoms with Gasteiger partial charge in [0.15, 0.2) is 0 Å². The fraction of sp³-hybridized carbons (Fsp3) is 0.429. The van der Waals surface area contributed by atoms with Crippen molar-refractivity contribution in [1.82, 2.24) is 9.80 Å². The molecule has 0 saturated carbocycles. The third-order valence-electron chi connectivity index (χ3n) is 4.04. The van der Waals surface area contributed by atoms with Crippen LogP contribution in [0, 0.1) is 10.1 Å². The fourth-order valence-corrected chi connectivity index (χ4v) is 3.73. The Morgan fingerprint density at radius 3 is 2.46 bits per heavy atom. The van der Waals surface area contributed by atoms with Gasteiger partial charge in [-0.3, -0.25) is 29.5 Å². The molecule has 2 aliphatic heterocycles. The first kappa shape index (κ1) is 17.0. The highest BCUT2D eigenvalue weighted by Crippen LogP contribution is 2.30. The van der Waals surface area contributed by atoms with Crippen LogP contribution in [0.4, 0.5) is 16.2 Å². The topological polar surface area (TPSA) is 87.0 Å². The fourth-order valence-electron chi connectivity index (χ4n) is 2.71. The normalized spacial score (nSPS) is 19.2. The molecule has 8 nitrogen and oxygen atoms in total. The van der Waals surface area contributed by atoms with E-state index in [0.29, 0.717) is 37.9 Å². The number of carbonyl (C=O) groups is 2. The number of rotatable bonds is 4. The van der Waals surface area contributed by atoms with E-state index in [2.05, 4.69) is 0 Å². The Morgan fingerprint density at radius 2 is 1.92 bits per heavy atom. The average molecular weight is 371 g/mol. The van der Waals surface area contributed by atoms with E-state index in [1.165, 1.54) is 17.0 Å². The van der Waals surface area contributed by atoms with Gasteiger partial charge in [0, 0.05) is 38.3 Å². The van der Waals surface area contributed by atoms with Crippen LogP contribution < -0.4 is 4.90 Å². The van der Waals surface area contributed by atoms with E-state index in [0.717, 1.165) is 17.4 Å². The molecule has 3 rings (SSSR count). The summed E-state index contributed by atoms with van der Waals surface area (Å²) in [6.45, 7) is 3.00. The minimum Gasteiger partial charge on any atom is -0.368 e. The molecule has 24 heavy (non-hydrogen) atoms. The molecule has 0 aliphatic carbocycles. The number of amides is 2. The van der Waals surface area contributed by atoms with Crippen molar-refractivity contribution in [3.8, 4) is 0 Å². The minimum absolute atomic E-state index is 0.0362. The van der Waals surface area contributed by atoms with Gasteiger partial charge in [-0.15, -0.1) is 0 Å². The maximum atomic E-state index is 11.7. The van der Waals surface area contributed by atoms with Gasteiger partial charge < -0.3 is 4.90 Å².